The van der Waals surface area contributed by atoms with E-state index in [1.807, 2.05) is 31.2 Å². The molecule has 72 valence electrons. The predicted molar refractivity (Wildman–Crippen MR) is 58.2 cm³/mol. The Bertz CT molecular complexity index is 502. The Kier molecular flexibility index (Phi) is 2.50. The molecule has 0 fully saturated rings. The maximum Gasteiger partial charge on any atom is 0.190 e. The van der Waals surface area contributed by atoms with Crippen LogP contribution in [0.5, 0.6) is 5.75 Å². The monoisotopic (exact) mass is 206 g/mol. The van der Waals surface area contributed by atoms with E-state index in [9.17, 15) is 0 Å². The van der Waals surface area contributed by atoms with Crippen LogP contribution >= 0.6 is 12.2 Å². The van der Waals surface area contributed by atoms with Crippen molar-refractivity contribution in [2.24, 2.45) is 0 Å². The zero-order valence-corrected chi connectivity index (χ0v) is 8.64. The van der Waals surface area contributed by atoms with Gasteiger partial charge in [-0.15, -0.1) is 0 Å². The first-order valence-electron chi connectivity index (χ1n) is 4.46. The van der Waals surface area contributed by atoms with Gasteiger partial charge in [0.2, 0.25) is 0 Å². The fraction of sp³-hybridized carbons (Fsp3) is 0.182. The van der Waals surface area contributed by atoms with Gasteiger partial charge in [0, 0.05) is 5.39 Å². The van der Waals surface area contributed by atoms with Gasteiger partial charge in [-0.3, -0.25) is 0 Å². The van der Waals surface area contributed by atoms with Gasteiger partial charge in [-0.1, -0.05) is 0 Å². The van der Waals surface area contributed by atoms with E-state index >= 15 is 0 Å². The van der Waals surface area contributed by atoms with Crippen LogP contribution in [0.15, 0.2) is 34.7 Å². The Morgan fingerprint density at radius 1 is 1.29 bits per heavy atom. The molecule has 2 rings (SSSR count). The summed E-state index contributed by atoms with van der Waals surface area (Å²) in [6.45, 7) is 2.63. The van der Waals surface area contributed by atoms with Crippen molar-refractivity contribution < 1.29 is 9.15 Å². The summed E-state index contributed by atoms with van der Waals surface area (Å²) >= 11 is 4.93. The minimum atomic E-state index is 0.502. The zero-order valence-electron chi connectivity index (χ0n) is 7.82. The van der Waals surface area contributed by atoms with Gasteiger partial charge < -0.3 is 9.15 Å². The molecule has 0 spiro atoms. The standard InChI is InChI=1S/C11H10O2S/c1-2-12-9-4-5-10-8(7-9)3-6-11(14)13-10/h3-7H,2H2,1H3. The molecule has 0 saturated heterocycles. The van der Waals surface area contributed by atoms with Crippen LogP contribution < -0.4 is 4.74 Å². The van der Waals surface area contributed by atoms with Crippen LogP contribution in [-0.2, 0) is 0 Å². The van der Waals surface area contributed by atoms with Crippen molar-refractivity contribution in [3.8, 4) is 5.75 Å². The number of fused-ring (bicyclic) bond motifs is 1. The molecule has 0 radical (unpaired) electrons. The van der Waals surface area contributed by atoms with Crippen molar-refractivity contribution in [1.82, 2.24) is 0 Å². The second kappa shape index (κ2) is 3.80. The molecule has 0 saturated carbocycles. The molecule has 2 aromatic rings. The molecule has 0 aliphatic carbocycles. The average Bonchev–Trinajstić information content (AvgIpc) is 2.19. The second-order valence-corrected chi connectivity index (χ2v) is 3.29. The molecule has 3 heteroatoms. The van der Waals surface area contributed by atoms with Crippen LogP contribution in [-0.4, -0.2) is 6.61 Å². The van der Waals surface area contributed by atoms with Gasteiger partial charge in [-0.2, -0.15) is 0 Å². The van der Waals surface area contributed by atoms with Crippen molar-refractivity contribution in [1.29, 1.82) is 0 Å². The summed E-state index contributed by atoms with van der Waals surface area (Å²) in [4.78, 5) is 0. The van der Waals surface area contributed by atoms with E-state index in [2.05, 4.69) is 0 Å². The Morgan fingerprint density at radius 3 is 2.93 bits per heavy atom. The summed E-state index contributed by atoms with van der Waals surface area (Å²) in [7, 11) is 0. The summed E-state index contributed by atoms with van der Waals surface area (Å²) in [5.74, 6) is 0.854. The molecule has 1 aromatic carbocycles. The summed E-state index contributed by atoms with van der Waals surface area (Å²) in [6, 6.07) is 9.40. The van der Waals surface area contributed by atoms with E-state index in [0.717, 1.165) is 16.7 Å². The Balaban J connectivity index is 2.56. The Labute approximate surface area is 87.1 Å². The van der Waals surface area contributed by atoms with E-state index < -0.39 is 0 Å². The zero-order chi connectivity index (χ0) is 9.97. The number of benzene rings is 1. The molecule has 0 N–H and O–H groups in total. The lowest BCUT2D eigenvalue weighted by molar-refractivity contribution is 0.340. The lowest BCUT2D eigenvalue weighted by atomic mass is 10.2. The minimum absolute atomic E-state index is 0.502. The van der Waals surface area contributed by atoms with Crippen LogP contribution in [0.25, 0.3) is 11.0 Å². The third-order valence-corrected chi connectivity index (χ3v) is 2.12. The largest absolute Gasteiger partial charge is 0.494 e. The number of hydrogen-bond donors (Lipinski definition) is 0. The number of hydrogen-bond acceptors (Lipinski definition) is 3. The van der Waals surface area contributed by atoms with E-state index in [1.54, 1.807) is 6.07 Å². The maximum atomic E-state index is 5.38. The van der Waals surface area contributed by atoms with Crippen molar-refractivity contribution in [2.75, 3.05) is 6.61 Å². The Hall–Kier alpha value is -1.35. The summed E-state index contributed by atoms with van der Waals surface area (Å²) in [6.07, 6.45) is 0. The van der Waals surface area contributed by atoms with E-state index in [1.165, 1.54) is 0 Å². The molecule has 0 bridgehead atoms. The molecule has 0 amide bonds. The van der Waals surface area contributed by atoms with Crippen LogP contribution in [0.1, 0.15) is 6.92 Å². The molecule has 0 unspecified atom stereocenters. The molecule has 0 aliphatic rings. The molecular formula is C11H10O2S. The van der Waals surface area contributed by atoms with Gasteiger partial charge in [0.15, 0.2) is 4.71 Å². The van der Waals surface area contributed by atoms with E-state index in [-0.39, 0.29) is 0 Å². The smallest absolute Gasteiger partial charge is 0.190 e. The van der Waals surface area contributed by atoms with Crippen LogP contribution in [0, 0.1) is 4.71 Å². The SMILES string of the molecule is CCOc1ccc2oc(=S)ccc2c1. The molecule has 2 nitrogen and oxygen atoms in total. The molecule has 14 heavy (non-hydrogen) atoms. The number of rotatable bonds is 2. The highest BCUT2D eigenvalue weighted by Crippen LogP contribution is 2.20. The third-order valence-electron chi connectivity index (χ3n) is 1.90. The van der Waals surface area contributed by atoms with Crippen molar-refractivity contribution in [2.45, 2.75) is 6.92 Å². The fourth-order valence-corrected chi connectivity index (χ4v) is 1.46. The second-order valence-electron chi connectivity index (χ2n) is 2.89. The summed E-state index contributed by atoms with van der Waals surface area (Å²) in [5, 5.41) is 1.00. The van der Waals surface area contributed by atoms with Gasteiger partial charge >= 0.3 is 0 Å². The van der Waals surface area contributed by atoms with Gasteiger partial charge in [-0.05, 0) is 49.5 Å². The minimum Gasteiger partial charge on any atom is -0.494 e. The predicted octanol–water partition coefficient (Wildman–Crippen LogP) is 3.56. The Morgan fingerprint density at radius 2 is 2.14 bits per heavy atom. The summed E-state index contributed by atoms with van der Waals surface area (Å²) in [5.41, 5.74) is 0.793. The molecule has 0 atom stereocenters. The van der Waals surface area contributed by atoms with E-state index in [4.69, 9.17) is 21.4 Å². The molecule has 1 heterocycles. The fourth-order valence-electron chi connectivity index (χ4n) is 1.31. The lowest BCUT2D eigenvalue weighted by Crippen LogP contribution is -1.90. The van der Waals surface area contributed by atoms with Gasteiger partial charge in [0.1, 0.15) is 11.3 Å². The highest BCUT2D eigenvalue weighted by Gasteiger charge is 1.97. The first-order chi connectivity index (χ1) is 6.79. The first kappa shape index (κ1) is 9.21. The molecule has 1 aromatic heterocycles. The molecular weight excluding hydrogens is 196 g/mol. The maximum absolute atomic E-state index is 5.38. The third kappa shape index (κ3) is 1.77. The highest BCUT2D eigenvalue weighted by molar-refractivity contribution is 7.71. The highest BCUT2D eigenvalue weighted by atomic mass is 32.1. The van der Waals surface area contributed by atoms with Crippen molar-refractivity contribution >= 4 is 23.2 Å². The van der Waals surface area contributed by atoms with Crippen LogP contribution in [0.2, 0.25) is 0 Å². The topological polar surface area (TPSA) is 22.4 Å². The van der Waals surface area contributed by atoms with Crippen LogP contribution in [0.4, 0.5) is 0 Å². The lowest BCUT2D eigenvalue weighted by Gasteiger charge is -2.03. The van der Waals surface area contributed by atoms with Gasteiger partial charge in [0.25, 0.3) is 0 Å². The van der Waals surface area contributed by atoms with Crippen molar-refractivity contribution in [3.05, 3.63) is 35.0 Å². The average molecular weight is 206 g/mol. The molecule has 0 aliphatic heterocycles. The first-order valence-corrected chi connectivity index (χ1v) is 4.87. The van der Waals surface area contributed by atoms with Crippen molar-refractivity contribution in [3.63, 3.8) is 0 Å². The van der Waals surface area contributed by atoms with Crippen LogP contribution in [0.3, 0.4) is 0 Å². The normalized spacial score (nSPS) is 10.4. The van der Waals surface area contributed by atoms with Gasteiger partial charge in [-0.25, -0.2) is 0 Å². The number of ether oxygens (including phenoxy) is 1. The van der Waals surface area contributed by atoms with Gasteiger partial charge in [0.05, 0.1) is 6.61 Å². The summed E-state index contributed by atoms with van der Waals surface area (Å²) < 4.78 is 11.2. The quantitative estimate of drug-likeness (QED) is 0.701. The van der Waals surface area contributed by atoms with E-state index in [0.29, 0.717) is 11.3 Å².